The highest BCUT2D eigenvalue weighted by molar-refractivity contribution is 7.99. The van der Waals surface area contributed by atoms with Crippen molar-refractivity contribution >= 4 is 17.4 Å². The van der Waals surface area contributed by atoms with Crippen molar-refractivity contribution in [2.75, 3.05) is 5.73 Å². The normalized spacial score (nSPS) is 11.5. The molecule has 2 rings (SSSR count). The molecule has 0 radical (unpaired) electrons. The highest BCUT2D eigenvalue weighted by atomic mass is 32.2. The van der Waals surface area contributed by atoms with Gasteiger partial charge < -0.3 is 5.73 Å². The Balaban J connectivity index is 2.28. The van der Waals surface area contributed by atoms with Crippen LogP contribution in [0.3, 0.4) is 0 Å². The number of aromatic nitrogens is 2. The number of hydrogen-bond acceptors (Lipinski definition) is 4. The number of anilines is 1. The maximum absolute atomic E-state index is 12.5. The van der Waals surface area contributed by atoms with Crippen LogP contribution in [-0.2, 0) is 6.18 Å². The van der Waals surface area contributed by atoms with E-state index in [1.54, 1.807) is 12.1 Å². The number of rotatable bonds is 2. The van der Waals surface area contributed by atoms with E-state index in [0.29, 0.717) is 10.7 Å². The van der Waals surface area contributed by atoms with Crippen molar-refractivity contribution in [3.05, 3.63) is 42.2 Å². The molecule has 0 spiro atoms. The van der Waals surface area contributed by atoms with Crippen molar-refractivity contribution in [2.24, 2.45) is 0 Å². The summed E-state index contributed by atoms with van der Waals surface area (Å²) in [7, 11) is 0. The summed E-state index contributed by atoms with van der Waals surface area (Å²) in [4.78, 5) is 7.84. The molecule has 94 valence electrons. The Labute approximate surface area is 105 Å². The van der Waals surface area contributed by atoms with Crippen LogP contribution in [0.2, 0.25) is 0 Å². The molecule has 0 aliphatic rings. The van der Waals surface area contributed by atoms with Gasteiger partial charge in [-0.25, -0.2) is 9.97 Å². The van der Waals surface area contributed by atoms with E-state index < -0.39 is 11.7 Å². The molecule has 0 saturated carbocycles. The number of halogens is 3. The van der Waals surface area contributed by atoms with E-state index in [4.69, 9.17) is 5.73 Å². The van der Waals surface area contributed by atoms with Gasteiger partial charge in [-0.15, -0.1) is 0 Å². The van der Waals surface area contributed by atoms with Crippen LogP contribution >= 0.6 is 11.8 Å². The molecule has 0 bridgehead atoms. The molecule has 3 nitrogen and oxygen atoms in total. The molecule has 7 heteroatoms. The first-order chi connectivity index (χ1) is 8.47. The topological polar surface area (TPSA) is 51.8 Å². The first-order valence-electron chi connectivity index (χ1n) is 4.88. The van der Waals surface area contributed by atoms with E-state index in [2.05, 4.69) is 9.97 Å². The summed E-state index contributed by atoms with van der Waals surface area (Å²) >= 11 is 0.997. The maximum Gasteiger partial charge on any atom is 0.416 e. The molecule has 2 heterocycles. The Morgan fingerprint density at radius 2 is 1.89 bits per heavy atom. The minimum atomic E-state index is -4.38. The minimum Gasteiger partial charge on any atom is -0.397 e. The van der Waals surface area contributed by atoms with E-state index in [0.717, 1.165) is 30.1 Å². The van der Waals surface area contributed by atoms with Crippen LogP contribution in [0.4, 0.5) is 18.9 Å². The second kappa shape index (κ2) is 4.85. The molecule has 0 aliphatic heterocycles. The monoisotopic (exact) mass is 271 g/mol. The first kappa shape index (κ1) is 12.7. The summed E-state index contributed by atoms with van der Waals surface area (Å²) in [5, 5.41) is 0.638. The number of nitrogens with two attached hydrogens (primary N) is 1. The Bertz CT molecular complexity index is 557. The molecule has 0 aromatic carbocycles. The molecule has 0 atom stereocenters. The van der Waals surface area contributed by atoms with Crippen molar-refractivity contribution in [1.29, 1.82) is 0 Å². The number of hydrogen-bond donors (Lipinski definition) is 1. The fourth-order valence-corrected chi connectivity index (χ4v) is 2.03. The highest BCUT2D eigenvalue weighted by Gasteiger charge is 2.30. The SMILES string of the molecule is Nc1cccnc1Sc1cc(C(F)(F)F)ccn1. The lowest BCUT2D eigenvalue weighted by Crippen LogP contribution is -2.05. The predicted molar refractivity (Wildman–Crippen MR) is 62.0 cm³/mol. The molecule has 2 aromatic rings. The van der Waals surface area contributed by atoms with E-state index >= 15 is 0 Å². The molecule has 0 aliphatic carbocycles. The summed E-state index contributed by atoms with van der Waals surface area (Å²) in [6.07, 6.45) is -1.75. The molecule has 0 saturated heterocycles. The van der Waals surface area contributed by atoms with Crippen LogP contribution in [0.1, 0.15) is 5.56 Å². The first-order valence-corrected chi connectivity index (χ1v) is 5.70. The summed E-state index contributed by atoms with van der Waals surface area (Å²) in [5.41, 5.74) is 5.32. The van der Waals surface area contributed by atoms with E-state index in [1.165, 1.54) is 6.20 Å². The molecule has 18 heavy (non-hydrogen) atoms. The van der Waals surface area contributed by atoms with Crippen LogP contribution in [-0.4, -0.2) is 9.97 Å². The van der Waals surface area contributed by atoms with Gasteiger partial charge in [0.2, 0.25) is 0 Å². The summed E-state index contributed by atoms with van der Waals surface area (Å²) < 4.78 is 37.5. The van der Waals surface area contributed by atoms with Gasteiger partial charge in [0.05, 0.1) is 11.3 Å². The lowest BCUT2D eigenvalue weighted by molar-refractivity contribution is -0.137. The average Bonchev–Trinajstić information content (AvgIpc) is 2.31. The Morgan fingerprint density at radius 1 is 1.11 bits per heavy atom. The largest absolute Gasteiger partial charge is 0.416 e. The van der Waals surface area contributed by atoms with Gasteiger partial charge in [-0.1, -0.05) is 0 Å². The van der Waals surface area contributed by atoms with Crippen molar-refractivity contribution in [3.8, 4) is 0 Å². The smallest absolute Gasteiger partial charge is 0.397 e. The lowest BCUT2D eigenvalue weighted by Gasteiger charge is -2.08. The third-order valence-corrected chi connectivity index (χ3v) is 3.03. The fourth-order valence-electron chi connectivity index (χ4n) is 1.23. The minimum absolute atomic E-state index is 0.204. The maximum atomic E-state index is 12.5. The summed E-state index contributed by atoms with van der Waals surface area (Å²) in [6, 6.07) is 5.17. The van der Waals surface area contributed by atoms with Gasteiger partial charge in [0.25, 0.3) is 0 Å². The van der Waals surface area contributed by atoms with Crippen LogP contribution in [0.25, 0.3) is 0 Å². The molecule has 2 aromatic heterocycles. The third kappa shape index (κ3) is 2.92. The van der Waals surface area contributed by atoms with Gasteiger partial charge in [-0.2, -0.15) is 13.2 Å². The van der Waals surface area contributed by atoms with E-state index in [1.807, 2.05) is 0 Å². The predicted octanol–water partition coefficient (Wildman–Crippen LogP) is 3.23. The molecular weight excluding hydrogens is 263 g/mol. The summed E-state index contributed by atoms with van der Waals surface area (Å²) in [6.45, 7) is 0. The van der Waals surface area contributed by atoms with Gasteiger partial charge in [0, 0.05) is 12.4 Å². The zero-order chi connectivity index (χ0) is 13.2. The Kier molecular flexibility index (Phi) is 3.42. The molecule has 0 fully saturated rings. The number of alkyl halides is 3. The van der Waals surface area contributed by atoms with Crippen molar-refractivity contribution in [1.82, 2.24) is 9.97 Å². The second-order valence-corrected chi connectivity index (χ2v) is 4.39. The molecule has 0 amide bonds. The van der Waals surface area contributed by atoms with Crippen LogP contribution in [0.5, 0.6) is 0 Å². The molecular formula is C11H8F3N3S. The fraction of sp³-hybridized carbons (Fsp3) is 0.0909. The number of nitrogen functional groups attached to an aromatic ring is 1. The van der Waals surface area contributed by atoms with Crippen LogP contribution < -0.4 is 5.73 Å². The quantitative estimate of drug-likeness (QED) is 0.911. The van der Waals surface area contributed by atoms with E-state index in [9.17, 15) is 13.2 Å². The second-order valence-electron chi connectivity index (χ2n) is 3.38. The zero-order valence-corrected chi connectivity index (χ0v) is 9.79. The highest BCUT2D eigenvalue weighted by Crippen LogP contribution is 2.33. The lowest BCUT2D eigenvalue weighted by atomic mass is 10.3. The number of pyridine rings is 2. The third-order valence-electron chi connectivity index (χ3n) is 2.06. The Hall–Kier alpha value is -1.76. The van der Waals surface area contributed by atoms with Crippen molar-refractivity contribution in [2.45, 2.75) is 16.2 Å². The zero-order valence-electron chi connectivity index (χ0n) is 8.98. The standard InChI is InChI=1S/C11H8F3N3S/c12-11(13,14)7-3-5-16-9(6-7)18-10-8(15)2-1-4-17-10/h1-6H,15H2. The summed E-state index contributed by atoms with van der Waals surface area (Å²) in [5.74, 6) is 0. The van der Waals surface area contributed by atoms with E-state index in [-0.39, 0.29) is 5.03 Å². The van der Waals surface area contributed by atoms with Gasteiger partial charge in [0.15, 0.2) is 0 Å². The van der Waals surface area contributed by atoms with Gasteiger partial charge >= 0.3 is 6.18 Å². The van der Waals surface area contributed by atoms with Crippen LogP contribution in [0.15, 0.2) is 46.7 Å². The van der Waals surface area contributed by atoms with Crippen LogP contribution in [0, 0.1) is 0 Å². The average molecular weight is 271 g/mol. The number of nitrogens with zero attached hydrogens (tertiary/aromatic N) is 2. The van der Waals surface area contributed by atoms with Crippen molar-refractivity contribution in [3.63, 3.8) is 0 Å². The van der Waals surface area contributed by atoms with Crippen molar-refractivity contribution < 1.29 is 13.2 Å². The Morgan fingerprint density at radius 3 is 2.56 bits per heavy atom. The van der Waals surface area contributed by atoms with Gasteiger partial charge in [-0.3, -0.25) is 0 Å². The van der Waals surface area contributed by atoms with Gasteiger partial charge in [-0.05, 0) is 36.0 Å². The molecule has 2 N–H and O–H groups in total. The van der Waals surface area contributed by atoms with Gasteiger partial charge in [0.1, 0.15) is 10.1 Å². The molecule has 0 unspecified atom stereocenters.